The molecule has 0 fully saturated rings. The van der Waals surface area contributed by atoms with Crippen LogP contribution in [0.25, 0.3) is 16.7 Å². The molecule has 2 heteroatoms. The molecule has 0 radical (unpaired) electrons. The van der Waals surface area contributed by atoms with Crippen LogP contribution in [0.4, 0.5) is 0 Å². The smallest absolute Gasteiger partial charge is 0.0932 e. The molecule has 2 nitrogen and oxygen atoms in total. The van der Waals surface area contributed by atoms with Crippen LogP contribution < -0.4 is 0 Å². The van der Waals surface area contributed by atoms with Gasteiger partial charge in [0, 0.05) is 5.56 Å². The molecular weight excluding hydrogens is 232 g/mol. The third-order valence-corrected chi connectivity index (χ3v) is 3.35. The largest absolute Gasteiger partial charge is 0.155 e. The van der Waals surface area contributed by atoms with E-state index >= 15 is 0 Å². The van der Waals surface area contributed by atoms with Crippen molar-refractivity contribution in [2.24, 2.45) is 0 Å². The van der Waals surface area contributed by atoms with Crippen LogP contribution >= 0.6 is 0 Å². The van der Waals surface area contributed by atoms with Crippen molar-refractivity contribution in [3.63, 3.8) is 0 Å². The Balaban J connectivity index is 2.06. The number of aryl methyl sites for hydroxylation is 1. The van der Waals surface area contributed by atoms with Gasteiger partial charge >= 0.3 is 0 Å². The Morgan fingerprint density at radius 3 is 2.58 bits per heavy atom. The molecule has 0 unspecified atom stereocenters. The fourth-order valence-corrected chi connectivity index (χ4v) is 2.31. The first-order chi connectivity index (χ1) is 9.34. The van der Waals surface area contributed by atoms with Crippen LogP contribution in [0.3, 0.4) is 0 Å². The fraction of sp³-hybridized carbons (Fsp3) is 0.176. The summed E-state index contributed by atoms with van der Waals surface area (Å²) in [6.07, 6.45) is 8.77. The molecule has 0 N–H and O–H groups in total. The van der Waals surface area contributed by atoms with E-state index < -0.39 is 0 Å². The Hall–Kier alpha value is -2.22. The molecule has 0 saturated heterocycles. The molecule has 1 heterocycles. The van der Waals surface area contributed by atoms with Gasteiger partial charge in [0.15, 0.2) is 0 Å². The van der Waals surface area contributed by atoms with E-state index in [0.717, 1.165) is 29.8 Å². The molecule has 19 heavy (non-hydrogen) atoms. The van der Waals surface area contributed by atoms with Crippen molar-refractivity contribution in [1.82, 2.24) is 10.2 Å². The predicted molar refractivity (Wildman–Crippen MR) is 78.6 cm³/mol. The second-order valence-corrected chi connectivity index (χ2v) is 4.73. The van der Waals surface area contributed by atoms with Crippen molar-refractivity contribution < 1.29 is 0 Å². The van der Waals surface area contributed by atoms with E-state index in [0.29, 0.717) is 0 Å². The zero-order chi connectivity index (χ0) is 13.1. The van der Waals surface area contributed by atoms with Crippen LogP contribution in [0.15, 0.2) is 54.6 Å². The van der Waals surface area contributed by atoms with Gasteiger partial charge in [-0.05, 0) is 37.0 Å². The summed E-state index contributed by atoms with van der Waals surface area (Å²) >= 11 is 0. The highest BCUT2D eigenvalue weighted by Gasteiger charge is 2.09. The molecule has 1 aromatic carbocycles. The molecule has 1 aromatic heterocycles. The van der Waals surface area contributed by atoms with Gasteiger partial charge in [0.1, 0.15) is 0 Å². The van der Waals surface area contributed by atoms with Gasteiger partial charge in [-0.1, -0.05) is 48.6 Å². The first-order valence-corrected chi connectivity index (χ1v) is 6.61. The predicted octanol–water partition coefficient (Wildman–Crippen LogP) is 4.19. The van der Waals surface area contributed by atoms with Crippen molar-refractivity contribution in [3.8, 4) is 11.1 Å². The second-order valence-electron chi connectivity index (χ2n) is 4.73. The van der Waals surface area contributed by atoms with E-state index in [2.05, 4.69) is 58.8 Å². The molecule has 3 rings (SSSR count). The summed E-state index contributed by atoms with van der Waals surface area (Å²) in [7, 11) is 0. The van der Waals surface area contributed by atoms with E-state index in [-0.39, 0.29) is 0 Å². The normalized spacial score (nSPS) is 14.3. The summed E-state index contributed by atoms with van der Waals surface area (Å²) in [6.45, 7) is 2.00. The zero-order valence-electron chi connectivity index (χ0n) is 11.0. The molecule has 2 aromatic rings. The maximum Gasteiger partial charge on any atom is 0.0932 e. The lowest BCUT2D eigenvalue weighted by Gasteiger charge is -2.09. The van der Waals surface area contributed by atoms with Gasteiger partial charge in [0.05, 0.1) is 11.4 Å². The topological polar surface area (TPSA) is 25.8 Å². The minimum atomic E-state index is 0.959. The Bertz CT molecular complexity index is 640. The minimum Gasteiger partial charge on any atom is -0.155 e. The molecule has 0 aliphatic heterocycles. The third-order valence-electron chi connectivity index (χ3n) is 3.35. The lowest BCUT2D eigenvalue weighted by atomic mass is 10.00. The van der Waals surface area contributed by atoms with Gasteiger partial charge < -0.3 is 0 Å². The van der Waals surface area contributed by atoms with E-state index in [1.165, 1.54) is 11.1 Å². The quantitative estimate of drug-likeness (QED) is 0.796. The van der Waals surface area contributed by atoms with Crippen LogP contribution in [-0.2, 0) is 0 Å². The summed E-state index contributed by atoms with van der Waals surface area (Å²) in [5.74, 6) is 0. The van der Waals surface area contributed by atoms with Crippen LogP contribution in [-0.4, -0.2) is 10.2 Å². The third kappa shape index (κ3) is 2.48. The maximum absolute atomic E-state index is 4.32. The van der Waals surface area contributed by atoms with Crippen molar-refractivity contribution >= 4 is 5.57 Å². The van der Waals surface area contributed by atoms with Crippen LogP contribution in [0.1, 0.15) is 24.2 Å². The van der Waals surface area contributed by atoms with Crippen molar-refractivity contribution in [3.05, 3.63) is 66.0 Å². The highest BCUT2D eigenvalue weighted by molar-refractivity contribution is 5.76. The summed E-state index contributed by atoms with van der Waals surface area (Å²) in [5.41, 5.74) is 5.45. The van der Waals surface area contributed by atoms with E-state index in [1.807, 2.05) is 13.0 Å². The number of hydrogen-bond acceptors (Lipinski definition) is 2. The highest BCUT2D eigenvalue weighted by Crippen LogP contribution is 2.26. The monoisotopic (exact) mass is 248 g/mol. The summed E-state index contributed by atoms with van der Waals surface area (Å²) in [5, 5.41) is 8.62. The average molecular weight is 248 g/mol. The van der Waals surface area contributed by atoms with Gasteiger partial charge in [-0.25, -0.2) is 0 Å². The summed E-state index contributed by atoms with van der Waals surface area (Å²) in [6, 6.07) is 12.5. The van der Waals surface area contributed by atoms with E-state index in [4.69, 9.17) is 0 Å². The minimum absolute atomic E-state index is 0.959. The van der Waals surface area contributed by atoms with E-state index in [1.54, 1.807) is 0 Å². The summed E-state index contributed by atoms with van der Waals surface area (Å²) in [4.78, 5) is 0. The molecule has 0 atom stereocenters. The molecule has 1 aliphatic carbocycles. The Morgan fingerprint density at radius 1 is 1.00 bits per heavy atom. The maximum atomic E-state index is 4.32. The van der Waals surface area contributed by atoms with Gasteiger partial charge in [-0.2, -0.15) is 10.2 Å². The zero-order valence-corrected chi connectivity index (χ0v) is 11.0. The molecule has 0 bridgehead atoms. The van der Waals surface area contributed by atoms with Crippen LogP contribution in [0.2, 0.25) is 0 Å². The molecule has 94 valence electrons. The average Bonchev–Trinajstić information content (AvgIpc) is 2.49. The van der Waals surface area contributed by atoms with Crippen molar-refractivity contribution in [1.29, 1.82) is 0 Å². The van der Waals surface area contributed by atoms with Gasteiger partial charge in [0.2, 0.25) is 0 Å². The Labute approximate surface area is 113 Å². The van der Waals surface area contributed by atoms with Gasteiger partial charge in [-0.15, -0.1) is 0 Å². The molecular formula is C17H16N2. The van der Waals surface area contributed by atoms with Crippen molar-refractivity contribution in [2.75, 3.05) is 0 Å². The van der Waals surface area contributed by atoms with Crippen molar-refractivity contribution in [2.45, 2.75) is 19.8 Å². The second kappa shape index (κ2) is 5.19. The van der Waals surface area contributed by atoms with Gasteiger partial charge in [-0.3, -0.25) is 0 Å². The lowest BCUT2D eigenvalue weighted by Crippen LogP contribution is -1.97. The fourth-order valence-electron chi connectivity index (χ4n) is 2.31. The first kappa shape index (κ1) is 11.8. The van der Waals surface area contributed by atoms with Gasteiger partial charge in [0.25, 0.3) is 0 Å². The Kier molecular flexibility index (Phi) is 3.23. The number of rotatable bonds is 2. The number of benzene rings is 1. The standard InChI is InChI=1S/C17H16N2/c1-13-16(14-8-4-2-5-9-14)12-17(19-18-13)15-10-6-3-7-11-15/h2,4-6,8-12H,3,7H2,1H3. The van der Waals surface area contributed by atoms with Crippen LogP contribution in [0, 0.1) is 6.92 Å². The molecule has 1 aliphatic rings. The first-order valence-electron chi connectivity index (χ1n) is 6.61. The number of allylic oxidation sites excluding steroid dienone is 4. The summed E-state index contributed by atoms with van der Waals surface area (Å²) < 4.78 is 0. The number of aromatic nitrogens is 2. The Morgan fingerprint density at radius 2 is 1.84 bits per heavy atom. The lowest BCUT2D eigenvalue weighted by molar-refractivity contribution is 0.961. The van der Waals surface area contributed by atoms with E-state index in [9.17, 15) is 0 Å². The SMILES string of the molecule is Cc1nnc(C2=CCCC=C2)cc1-c1ccccc1. The molecule has 0 saturated carbocycles. The molecule has 0 amide bonds. The number of nitrogens with zero attached hydrogens (tertiary/aromatic N) is 2. The number of hydrogen-bond donors (Lipinski definition) is 0. The molecule has 0 spiro atoms. The highest BCUT2D eigenvalue weighted by atomic mass is 15.1. The van der Waals surface area contributed by atoms with Crippen LogP contribution in [0.5, 0.6) is 0 Å².